The molecule has 1 unspecified atom stereocenters. The minimum Gasteiger partial charge on any atom is -0.598 e. The topological polar surface area (TPSA) is 60.9 Å². The van der Waals surface area contributed by atoms with Crippen molar-refractivity contribution in [3.63, 3.8) is 0 Å². The van der Waals surface area contributed by atoms with Crippen molar-refractivity contribution in [2.24, 2.45) is 0 Å². The summed E-state index contributed by atoms with van der Waals surface area (Å²) in [6, 6.07) is 0. The maximum Gasteiger partial charge on any atom is 0.136 e. The zero-order valence-electron chi connectivity index (χ0n) is 11.1. The van der Waals surface area contributed by atoms with Gasteiger partial charge in [0.1, 0.15) is 9.35 Å². The molecule has 0 aliphatic heterocycles. The number of aryl methyl sites for hydroxylation is 1. The van der Waals surface area contributed by atoms with Crippen LogP contribution in [0.3, 0.4) is 0 Å². The Morgan fingerprint density at radius 2 is 2.06 bits per heavy atom. The standard InChI is InChI=1S/C12H20BrN3OS/c1-12(2,3)18(17)15-7-5-4-6-10-8-14-9-11(13)16-10/h8-9,15H,4-7H2,1-3H3. The molecule has 0 saturated heterocycles. The summed E-state index contributed by atoms with van der Waals surface area (Å²) in [6.07, 6.45) is 6.36. The van der Waals surface area contributed by atoms with Gasteiger partial charge >= 0.3 is 0 Å². The van der Waals surface area contributed by atoms with Gasteiger partial charge in [-0.05, 0) is 56.0 Å². The van der Waals surface area contributed by atoms with Crippen LogP contribution in [0.25, 0.3) is 0 Å². The van der Waals surface area contributed by atoms with E-state index in [1.54, 1.807) is 12.4 Å². The van der Waals surface area contributed by atoms with E-state index >= 15 is 0 Å². The van der Waals surface area contributed by atoms with Crippen molar-refractivity contribution in [2.75, 3.05) is 6.54 Å². The van der Waals surface area contributed by atoms with Gasteiger partial charge in [0.2, 0.25) is 0 Å². The van der Waals surface area contributed by atoms with Crippen molar-refractivity contribution in [3.8, 4) is 0 Å². The fourth-order valence-corrected chi connectivity index (χ4v) is 2.42. The third-order valence-corrected chi connectivity index (χ3v) is 4.26. The normalized spacial score (nSPS) is 13.6. The Bertz CT molecular complexity index is 371. The Hall–Kier alpha value is -0.170. The first-order valence-electron chi connectivity index (χ1n) is 6.01. The summed E-state index contributed by atoms with van der Waals surface area (Å²) in [7, 11) is 0. The van der Waals surface area contributed by atoms with Gasteiger partial charge in [-0.15, -0.1) is 4.72 Å². The van der Waals surface area contributed by atoms with E-state index in [0.717, 1.165) is 36.1 Å². The molecule has 6 heteroatoms. The number of unbranched alkanes of at least 4 members (excludes halogenated alkanes) is 1. The Morgan fingerprint density at radius 3 is 2.67 bits per heavy atom. The van der Waals surface area contributed by atoms with Crippen molar-refractivity contribution in [1.82, 2.24) is 14.7 Å². The fraction of sp³-hybridized carbons (Fsp3) is 0.667. The predicted molar refractivity (Wildman–Crippen MR) is 78.6 cm³/mol. The molecular formula is C12H20BrN3OS. The molecule has 0 aliphatic carbocycles. The van der Waals surface area contributed by atoms with E-state index in [1.807, 2.05) is 20.8 Å². The van der Waals surface area contributed by atoms with Crippen molar-refractivity contribution >= 4 is 27.3 Å². The van der Waals surface area contributed by atoms with Crippen LogP contribution in [0.2, 0.25) is 0 Å². The minimum atomic E-state index is -0.974. The van der Waals surface area contributed by atoms with E-state index in [2.05, 4.69) is 30.6 Å². The average molecular weight is 334 g/mol. The molecule has 1 rings (SSSR count). The molecule has 0 saturated carbocycles. The van der Waals surface area contributed by atoms with Gasteiger partial charge in [-0.1, -0.05) is 0 Å². The Labute approximate surface area is 120 Å². The van der Waals surface area contributed by atoms with Gasteiger partial charge in [0.05, 0.1) is 11.9 Å². The van der Waals surface area contributed by atoms with Gasteiger partial charge in [-0.25, -0.2) is 4.98 Å². The van der Waals surface area contributed by atoms with E-state index in [9.17, 15) is 4.55 Å². The van der Waals surface area contributed by atoms with Gasteiger partial charge in [-0.2, -0.15) is 0 Å². The SMILES string of the molecule is CC(C)(C)[S+]([O-])NCCCCc1cncc(Br)n1. The van der Waals surface area contributed by atoms with E-state index in [0.29, 0.717) is 0 Å². The van der Waals surface area contributed by atoms with Crippen molar-refractivity contribution in [3.05, 3.63) is 22.7 Å². The monoisotopic (exact) mass is 333 g/mol. The number of nitrogens with zero attached hydrogens (tertiary/aromatic N) is 2. The molecular weight excluding hydrogens is 314 g/mol. The summed E-state index contributed by atoms with van der Waals surface area (Å²) in [6.45, 7) is 6.67. The highest BCUT2D eigenvalue weighted by Gasteiger charge is 2.25. The first-order valence-corrected chi connectivity index (χ1v) is 7.95. The molecule has 0 bridgehead atoms. The van der Waals surface area contributed by atoms with Crippen LogP contribution in [-0.4, -0.2) is 25.8 Å². The second-order valence-corrected chi connectivity index (χ2v) is 7.93. The molecule has 102 valence electrons. The summed E-state index contributed by atoms with van der Waals surface area (Å²) in [5.41, 5.74) is 0.987. The molecule has 1 aromatic rings. The number of aromatic nitrogens is 2. The van der Waals surface area contributed by atoms with E-state index in [-0.39, 0.29) is 4.75 Å². The third-order valence-electron chi connectivity index (χ3n) is 2.30. The van der Waals surface area contributed by atoms with Crippen LogP contribution in [0, 0.1) is 0 Å². The summed E-state index contributed by atoms with van der Waals surface area (Å²) in [5.74, 6) is 0. The molecule has 18 heavy (non-hydrogen) atoms. The predicted octanol–water partition coefficient (Wildman–Crippen LogP) is 2.61. The average Bonchev–Trinajstić information content (AvgIpc) is 2.27. The smallest absolute Gasteiger partial charge is 0.136 e. The molecule has 0 amide bonds. The van der Waals surface area contributed by atoms with Crippen molar-refractivity contribution in [2.45, 2.75) is 44.8 Å². The number of nitrogens with one attached hydrogen (secondary N) is 1. The third kappa shape index (κ3) is 6.13. The Morgan fingerprint density at radius 1 is 1.33 bits per heavy atom. The lowest BCUT2D eigenvalue weighted by molar-refractivity contribution is 0.540. The van der Waals surface area contributed by atoms with Crippen molar-refractivity contribution in [1.29, 1.82) is 0 Å². The largest absolute Gasteiger partial charge is 0.598 e. The highest BCUT2D eigenvalue weighted by Crippen LogP contribution is 2.13. The highest BCUT2D eigenvalue weighted by atomic mass is 79.9. The first kappa shape index (κ1) is 15.9. The molecule has 0 fully saturated rings. The van der Waals surface area contributed by atoms with Crippen LogP contribution < -0.4 is 4.72 Å². The Kier molecular flexibility index (Phi) is 6.55. The lowest BCUT2D eigenvalue weighted by Gasteiger charge is -2.23. The minimum absolute atomic E-state index is 0.199. The first-order chi connectivity index (χ1) is 8.39. The summed E-state index contributed by atoms with van der Waals surface area (Å²) >= 11 is 2.33. The van der Waals surface area contributed by atoms with E-state index in [1.165, 1.54) is 0 Å². The molecule has 0 aromatic carbocycles. The van der Waals surface area contributed by atoms with Gasteiger partial charge < -0.3 is 4.55 Å². The maximum atomic E-state index is 11.7. The van der Waals surface area contributed by atoms with Gasteiger partial charge in [0.25, 0.3) is 0 Å². The van der Waals surface area contributed by atoms with Crippen LogP contribution in [0.4, 0.5) is 0 Å². The van der Waals surface area contributed by atoms with Crippen LogP contribution >= 0.6 is 15.9 Å². The molecule has 1 atom stereocenters. The van der Waals surface area contributed by atoms with Crippen LogP contribution in [0.5, 0.6) is 0 Å². The van der Waals surface area contributed by atoms with Crippen LogP contribution in [0.15, 0.2) is 17.0 Å². The molecule has 0 aliphatic rings. The maximum absolute atomic E-state index is 11.7. The molecule has 0 radical (unpaired) electrons. The number of hydrogen-bond donors (Lipinski definition) is 1. The van der Waals surface area contributed by atoms with Crippen molar-refractivity contribution < 1.29 is 4.55 Å². The summed E-state index contributed by atoms with van der Waals surface area (Å²) in [4.78, 5) is 8.39. The van der Waals surface area contributed by atoms with E-state index < -0.39 is 11.4 Å². The van der Waals surface area contributed by atoms with Crippen LogP contribution in [0.1, 0.15) is 39.3 Å². The lowest BCUT2D eigenvalue weighted by Crippen LogP contribution is -2.39. The molecule has 0 spiro atoms. The summed E-state index contributed by atoms with van der Waals surface area (Å²) in [5, 5.41) is 0. The quantitative estimate of drug-likeness (QED) is 0.642. The van der Waals surface area contributed by atoms with Gasteiger partial charge in [0.15, 0.2) is 0 Å². The summed E-state index contributed by atoms with van der Waals surface area (Å²) < 4.78 is 15.3. The lowest BCUT2D eigenvalue weighted by atomic mass is 10.2. The number of hydrogen-bond acceptors (Lipinski definition) is 4. The highest BCUT2D eigenvalue weighted by molar-refractivity contribution is 9.10. The molecule has 1 aromatic heterocycles. The van der Waals surface area contributed by atoms with Crippen LogP contribution in [-0.2, 0) is 17.8 Å². The zero-order chi connectivity index (χ0) is 13.6. The second kappa shape index (κ2) is 7.43. The number of rotatable bonds is 6. The van der Waals surface area contributed by atoms with Gasteiger partial charge in [-0.3, -0.25) is 4.98 Å². The zero-order valence-corrected chi connectivity index (χ0v) is 13.5. The molecule has 4 nitrogen and oxygen atoms in total. The second-order valence-electron chi connectivity index (χ2n) is 5.07. The molecule has 1 heterocycles. The van der Waals surface area contributed by atoms with Gasteiger partial charge in [0, 0.05) is 24.1 Å². The fourth-order valence-electron chi connectivity index (χ4n) is 1.31. The molecule has 1 N–H and O–H groups in total. The van der Waals surface area contributed by atoms with E-state index in [4.69, 9.17) is 0 Å². The number of halogens is 1. The Balaban J connectivity index is 2.16.